The average Bonchev–Trinajstić information content (AvgIpc) is 3.12. The Bertz CT molecular complexity index is 416. The van der Waals surface area contributed by atoms with Crippen LogP contribution in [0.25, 0.3) is 0 Å². The number of anilines is 1. The molecule has 0 amide bonds. The number of thiocarbonyl (C=S) groups is 1. The summed E-state index contributed by atoms with van der Waals surface area (Å²) in [6, 6.07) is 5.72. The van der Waals surface area contributed by atoms with E-state index in [2.05, 4.69) is 5.32 Å². The molecule has 1 aliphatic carbocycles. The normalized spacial score (nSPS) is 14.4. The number of hydrogen-bond acceptors (Lipinski definition) is 3. The topological polar surface area (TPSA) is 47.3 Å². The van der Waals surface area contributed by atoms with Gasteiger partial charge in [0.15, 0.2) is 0 Å². The lowest BCUT2D eigenvalue weighted by atomic mass is 10.1. The number of methoxy groups -OCH3 is 1. The zero-order valence-corrected chi connectivity index (χ0v) is 10.8. The van der Waals surface area contributed by atoms with E-state index in [0.29, 0.717) is 4.99 Å². The van der Waals surface area contributed by atoms with Crippen molar-refractivity contribution >= 4 is 22.9 Å². The lowest BCUT2D eigenvalue weighted by Crippen LogP contribution is -2.14. The van der Waals surface area contributed by atoms with Gasteiger partial charge in [-0.1, -0.05) is 25.1 Å². The van der Waals surface area contributed by atoms with Crippen molar-refractivity contribution < 1.29 is 4.74 Å². The van der Waals surface area contributed by atoms with Crippen molar-refractivity contribution in [2.24, 2.45) is 11.7 Å². The molecule has 1 fully saturated rings. The van der Waals surface area contributed by atoms with E-state index < -0.39 is 0 Å². The number of nitrogens with one attached hydrogen (secondary N) is 1. The van der Waals surface area contributed by atoms with Crippen molar-refractivity contribution in [3.63, 3.8) is 0 Å². The third-order valence-electron chi connectivity index (χ3n) is 3.06. The Balaban J connectivity index is 2.06. The molecular formula is C13H18N2OS. The number of nitrogens with two attached hydrogens (primary N) is 1. The van der Waals surface area contributed by atoms with Crippen molar-refractivity contribution in [2.45, 2.75) is 19.3 Å². The highest BCUT2D eigenvalue weighted by atomic mass is 32.1. The van der Waals surface area contributed by atoms with Crippen LogP contribution in [-0.2, 0) is 0 Å². The molecule has 0 spiro atoms. The second-order valence-corrected chi connectivity index (χ2v) is 4.87. The van der Waals surface area contributed by atoms with Crippen molar-refractivity contribution in [3.05, 3.63) is 23.8 Å². The Morgan fingerprint density at radius 1 is 1.53 bits per heavy atom. The molecule has 4 heteroatoms. The molecule has 1 aromatic carbocycles. The van der Waals surface area contributed by atoms with Crippen LogP contribution in [0.2, 0.25) is 0 Å². The van der Waals surface area contributed by atoms with Crippen LogP contribution in [0.1, 0.15) is 24.8 Å². The second kappa shape index (κ2) is 5.36. The summed E-state index contributed by atoms with van der Waals surface area (Å²) >= 11 is 5.04. The van der Waals surface area contributed by atoms with Crippen LogP contribution in [0, 0.1) is 5.92 Å². The summed E-state index contributed by atoms with van der Waals surface area (Å²) in [6.07, 6.45) is 3.97. The molecule has 0 atom stereocenters. The number of ether oxygens (including phenoxy) is 1. The Kier molecular flexibility index (Phi) is 3.84. The largest absolute Gasteiger partial charge is 0.497 e. The molecule has 3 nitrogen and oxygen atoms in total. The Morgan fingerprint density at radius 3 is 2.88 bits per heavy atom. The first-order chi connectivity index (χ1) is 8.20. The summed E-state index contributed by atoms with van der Waals surface area (Å²) in [5.41, 5.74) is 7.56. The molecule has 3 N–H and O–H groups in total. The van der Waals surface area contributed by atoms with Crippen LogP contribution in [0.15, 0.2) is 18.2 Å². The third kappa shape index (κ3) is 3.33. The van der Waals surface area contributed by atoms with Gasteiger partial charge in [0.2, 0.25) is 0 Å². The lowest BCUT2D eigenvalue weighted by molar-refractivity contribution is 0.415. The highest BCUT2D eigenvalue weighted by Gasteiger charge is 2.20. The SMILES string of the molecule is COc1ccc(C(N)=S)c(NCCC2CC2)c1. The molecule has 0 aliphatic heterocycles. The fourth-order valence-corrected chi connectivity index (χ4v) is 2.01. The van der Waals surface area contributed by atoms with E-state index in [1.807, 2.05) is 18.2 Å². The van der Waals surface area contributed by atoms with Gasteiger partial charge in [-0.2, -0.15) is 0 Å². The predicted octanol–water partition coefficient (Wildman–Crippen LogP) is 2.54. The molecule has 0 radical (unpaired) electrons. The molecule has 2 rings (SSSR count). The molecule has 92 valence electrons. The van der Waals surface area contributed by atoms with E-state index in [1.54, 1.807) is 7.11 Å². The first-order valence-electron chi connectivity index (χ1n) is 5.92. The van der Waals surface area contributed by atoms with Gasteiger partial charge in [-0.25, -0.2) is 0 Å². The summed E-state index contributed by atoms with van der Waals surface area (Å²) in [7, 11) is 1.66. The van der Waals surface area contributed by atoms with Crippen LogP contribution in [0.3, 0.4) is 0 Å². The minimum absolute atomic E-state index is 0.418. The van der Waals surface area contributed by atoms with Gasteiger partial charge in [0.1, 0.15) is 10.7 Å². The van der Waals surface area contributed by atoms with Crippen LogP contribution in [0.5, 0.6) is 5.75 Å². The minimum atomic E-state index is 0.418. The van der Waals surface area contributed by atoms with Gasteiger partial charge in [-0.3, -0.25) is 0 Å². The molecule has 1 saturated carbocycles. The van der Waals surface area contributed by atoms with Gasteiger partial charge in [0.05, 0.1) is 7.11 Å². The van der Waals surface area contributed by atoms with E-state index in [1.165, 1.54) is 19.3 Å². The molecule has 0 aromatic heterocycles. The van der Waals surface area contributed by atoms with Crippen molar-refractivity contribution in [1.29, 1.82) is 0 Å². The monoisotopic (exact) mass is 250 g/mol. The van der Waals surface area contributed by atoms with Gasteiger partial charge in [0, 0.05) is 23.9 Å². The fraction of sp³-hybridized carbons (Fsp3) is 0.462. The predicted molar refractivity (Wildman–Crippen MR) is 74.7 cm³/mol. The van der Waals surface area contributed by atoms with Crippen LogP contribution in [-0.4, -0.2) is 18.6 Å². The fourth-order valence-electron chi connectivity index (χ4n) is 1.83. The second-order valence-electron chi connectivity index (χ2n) is 4.43. The summed E-state index contributed by atoms with van der Waals surface area (Å²) in [5, 5.41) is 3.39. The standard InChI is InChI=1S/C13H18N2OS/c1-16-10-4-5-11(13(14)17)12(8-10)15-7-6-9-2-3-9/h4-5,8-9,15H,2-3,6-7H2,1H3,(H2,14,17). The van der Waals surface area contributed by atoms with Gasteiger partial charge in [-0.15, -0.1) is 0 Å². The van der Waals surface area contributed by atoms with Gasteiger partial charge < -0.3 is 15.8 Å². The molecule has 0 unspecified atom stereocenters. The first kappa shape index (κ1) is 12.2. The molecule has 0 heterocycles. The average molecular weight is 250 g/mol. The summed E-state index contributed by atoms with van der Waals surface area (Å²) in [5.74, 6) is 1.74. The van der Waals surface area contributed by atoms with Gasteiger partial charge in [-0.05, 0) is 24.5 Å². The quantitative estimate of drug-likeness (QED) is 0.762. The number of rotatable bonds is 6. The highest BCUT2D eigenvalue weighted by molar-refractivity contribution is 7.80. The Hall–Kier alpha value is -1.29. The van der Waals surface area contributed by atoms with E-state index in [4.69, 9.17) is 22.7 Å². The Labute approximate surface area is 107 Å². The maximum Gasteiger partial charge on any atom is 0.120 e. The van der Waals surface area contributed by atoms with Gasteiger partial charge in [0.25, 0.3) is 0 Å². The van der Waals surface area contributed by atoms with Gasteiger partial charge >= 0.3 is 0 Å². The molecule has 1 aliphatic rings. The smallest absolute Gasteiger partial charge is 0.120 e. The van der Waals surface area contributed by atoms with Crippen molar-refractivity contribution in [3.8, 4) is 5.75 Å². The summed E-state index contributed by atoms with van der Waals surface area (Å²) in [4.78, 5) is 0.418. The summed E-state index contributed by atoms with van der Waals surface area (Å²) in [6.45, 7) is 0.966. The molecule has 0 saturated heterocycles. The van der Waals surface area contributed by atoms with Crippen LogP contribution in [0.4, 0.5) is 5.69 Å². The highest BCUT2D eigenvalue weighted by Crippen LogP contribution is 2.32. The first-order valence-corrected chi connectivity index (χ1v) is 6.33. The minimum Gasteiger partial charge on any atom is -0.497 e. The zero-order chi connectivity index (χ0) is 12.3. The molecule has 0 bridgehead atoms. The maximum absolute atomic E-state index is 5.70. The van der Waals surface area contributed by atoms with Crippen molar-refractivity contribution in [2.75, 3.05) is 19.0 Å². The third-order valence-corrected chi connectivity index (χ3v) is 3.28. The molecular weight excluding hydrogens is 232 g/mol. The zero-order valence-electron chi connectivity index (χ0n) is 10.0. The van der Waals surface area contributed by atoms with E-state index in [-0.39, 0.29) is 0 Å². The molecule has 17 heavy (non-hydrogen) atoms. The van der Waals surface area contributed by atoms with Crippen molar-refractivity contribution in [1.82, 2.24) is 0 Å². The summed E-state index contributed by atoms with van der Waals surface area (Å²) < 4.78 is 5.21. The lowest BCUT2D eigenvalue weighted by Gasteiger charge is -2.12. The van der Waals surface area contributed by atoms with Crippen LogP contribution < -0.4 is 15.8 Å². The van der Waals surface area contributed by atoms with E-state index in [0.717, 1.165) is 29.5 Å². The van der Waals surface area contributed by atoms with Crippen LogP contribution >= 0.6 is 12.2 Å². The Morgan fingerprint density at radius 2 is 2.29 bits per heavy atom. The van der Waals surface area contributed by atoms with E-state index >= 15 is 0 Å². The number of benzene rings is 1. The van der Waals surface area contributed by atoms with E-state index in [9.17, 15) is 0 Å². The molecule has 1 aromatic rings. The number of hydrogen-bond donors (Lipinski definition) is 2. The maximum atomic E-state index is 5.70.